The lowest BCUT2D eigenvalue weighted by Crippen LogP contribution is -2.41. The molecule has 1 aromatic carbocycles. The van der Waals surface area contributed by atoms with E-state index in [1.165, 1.54) is 10.4 Å². The maximum Gasteiger partial charge on any atom is 0.253 e. The molecule has 0 radical (unpaired) electrons. The summed E-state index contributed by atoms with van der Waals surface area (Å²) >= 11 is 1.56. The second-order valence-electron chi connectivity index (χ2n) is 7.06. The number of sulfonamides is 1. The number of hydrogen-bond donors (Lipinski definition) is 1. The zero-order valence-corrected chi connectivity index (χ0v) is 18.2. The Morgan fingerprint density at radius 1 is 1.03 bits per heavy atom. The van der Waals surface area contributed by atoms with Crippen LogP contribution in [0.1, 0.15) is 15.2 Å². The highest BCUT2D eigenvalue weighted by atomic mass is 32.2. The minimum Gasteiger partial charge on any atom is -0.379 e. The van der Waals surface area contributed by atoms with Crippen LogP contribution in [-0.2, 0) is 26.0 Å². The molecule has 1 N–H and O–H groups in total. The first-order chi connectivity index (χ1) is 14.6. The second kappa shape index (κ2) is 9.44. The molecule has 8 nitrogen and oxygen atoms in total. The Kier molecular flexibility index (Phi) is 6.69. The third-order valence-corrected chi connectivity index (χ3v) is 7.95. The van der Waals surface area contributed by atoms with Crippen LogP contribution in [0.4, 0.5) is 5.69 Å². The molecule has 1 amide bonds. The summed E-state index contributed by atoms with van der Waals surface area (Å²) in [5.74, 6) is -0.288. The van der Waals surface area contributed by atoms with E-state index in [-0.39, 0.29) is 10.8 Å². The Labute approximate surface area is 180 Å². The summed E-state index contributed by atoms with van der Waals surface area (Å²) in [5.41, 5.74) is 1.09. The molecule has 2 aliphatic rings. The van der Waals surface area contributed by atoms with Gasteiger partial charge in [-0.15, -0.1) is 11.3 Å². The molecule has 4 rings (SSSR count). The Bertz CT molecular complexity index is 966. The first-order valence-electron chi connectivity index (χ1n) is 9.91. The highest BCUT2D eigenvalue weighted by molar-refractivity contribution is 7.89. The normalized spacial score (nSPS) is 18.3. The van der Waals surface area contributed by atoms with Gasteiger partial charge in [0.05, 0.1) is 43.4 Å². The molecule has 1 aromatic heterocycles. The first kappa shape index (κ1) is 21.3. The summed E-state index contributed by atoms with van der Waals surface area (Å²) in [4.78, 5) is 16.3. The van der Waals surface area contributed by atoms with Crippen LogP contribution in [0, 0.1) is 0 Å². The number of benzene rings is 1. The molecular weight excluding hydrogens is 426 g/mol. The van der Waals surface area contributed by atoms with Gasteiger partial charge in [-0.1, -0.05) is 6.07 Å². The fraction of sp³-hybridized carbons (Fsp3) is 0.450. The molecule has 0 unspecified atom stereocenters. The van der Waals surface area contributed by atoms with Gasteiger partial charge < -0.3 is 19.7 Å². The maximum absolute atomic E-state index is 13.1. The fourth-order valence-electron chi connectivity index (χ4n) is 3.55. The largest absolute Gasteiger partial charge is 0.379 e. The van der Waals surface area contributed by atoms with Crippen molar-refractivity contribution in [1.82, 2.24) is 9.62 Å². The third-order valence-electron chi connectivity index (χ3n) is 5.18. The van der Waals surface area contributed by atoms with Crippen LogP contribution in [0.3, 0.4) is 0 Å². The van der Waals surface area contributed by atoms with Gasteiger partial charge in [-0.25, -0.2) is 8.42 Å². The van der Waals surface area contributed by atoms with Crippen molar-refractivity contribution in [3.8, 4) is 0 Å². The van der Waals surface area contributed by atoms with E-state index in [1.807, 2.05) is 17.5 Å². The number of carbonyl (C=O) groups excluding carboxylic acids is 1. The predicted molar refractivity (Wildman–Crippen MR) is 115 cm³/mol. The van der Waals surface area contributed by atoms with Crippen molar-refractivity contribution in [1.29, 1.82) is 0 Å². The van der Waals surface area contributed by atoms with E-state index in [0.29, 0.717) is 64.7 Å². The predicted octanol–water partition coefficient (Wildman–Crippen LogP) is 1.54. The lowest BCUT2D eigenvalue weighted by Gasteiger charge is -2.31. The number of nitrogens with one attached hydrogen (secondary N) is 1. The Morgan fingerprint density at radius 2 is 1.73 bits per heavy atom. The molecular formula is C20H25N3O5S2. The van der Waals surface area contributed by atoms with Gasteiger partial charge in [0, 0.05) is 36.7 Å². The van der Waals surface area contributed by atoms with Gasteiger partial charge in [-0.2, -0.15) is 4.31 Å². The Balaban J connectivity index is 1.64. The van der Waals surface area contributed by atoms with Crippen LogP contribution >= 0.6 is 11.3 Å². The number of hydrogen-bond acceptors (Lipinski definition) is 7. The van der Waals surface area contributed by atoms with E-state index in [4.69, 9.17) is 9.47 Å². The number of nitrogens with zero attached hydrogens (tertiary/aromatic N) is 2. The van der Waals surface area contributed by atoms with Gasteiger partial charge in [0.2, 0.25) is 10.0 Å². The second-order valence-corrected chi connectivity index (χ2v) is 10.0. The summed E-state index contributed by atoms with van der Waals surface area (Å²) in [5, 5.41) is 4.88. The molecule has 0 saturated carbocycles. The van der Waals surface area contributed by atoms with Gasteiger partial charge in [-0.3, -0.25) is 4.79 Å². The number of carbonyl (C=O) groups is 1. The summed E-state index contributed by atoms with van der Waals surface area (Å²) < 4.78 is 38.3. The molecule has 2 saturated heterocycles. The quantitative estimate of drug-likeness (QED) is 0.717. The van der Waals surface area contributed by atoms with Crippen LogP contribution in [0.5, 0.6) is 0 Å². The highest BCUT2D eigenvalue weighted by Gasteiger charge is 2.29. The number of morpholine rings is 2. The molecule has 10 heteroatoms. The summed E-state index contributed by atoms with van der Waals surface area (Å²) in [6.07, 6.45) is 0. The van der Waals surface area contributed by atoms with E-state index in [2.05, 4.69) is 10.2 Å². The smallest absolute Gasteiger partial charge is 0.253 e. The zero-order valence-electron chi connectivity index (χ0n) is 16.6. The van der Waals surface area contributed by atoms with Crippen molar-refractivity contribution >= 4 is 33.0 Å². The summed E-state index contributed by atoms with van der Waals surface area (Å²) in [6, 6.07) is 8.71. The average Bonchev–Trinajstić information content (AvgIpc) is 3.32. The van der Waals surface area contributed by atoms with Crippen molar-refractivity contribution in [3.05, 3.63) is 46.2 Å². The number of rotatable bonds is 6. The van der Waals surface area contributed by atoms with Crippen molar-refractivity contribution in [3.63, 3.8) is 0 Å². The minimum absolute atomic E-state index is 0.127. The van der Waals surface area contributed by atoms with Gasteiger partial charge in [0.25, 0.3) is 5.91 Å². The van der Waals surface area contributed by atoms with Crippen LogP contribution in [0.2, 0.25) is 0 Å². The summed E-state index contributed by atoms with van der Waals surface area (Å²) in [6.45, 7) is 4.23. The van der Waals surface area contributed by atoms with E-state index in [1.54, 1.807) is 23.5 Å². The monoisotopic (exact) mass is 451 g/mol. The lowest BCUT2D eigenvalue weighted by atomic mass is 10.1. The number of amides is 1. The molecule has 0 bridgehead atoms. The number of ether oxygens (including phenoxy) is 2. The van der Waals surface area contributed by atoms with Crippen molar-refractivity contribution < 1.29 is 22.7 Å². The third kappa shape index (κ3) is 4.68. The van der Waals surface area contributed by atoms with Crippen molar-refractivity contribution in [2.24, 2.45) is 0 Å². The van der Waals surface area contributed by atoms with E-state index in [9.17, 15) is 13.2 Å². The zero-order chi connectivity index (χ0) is 21.0. The highest BCUT2D eigenvalue weighted by Crippen LogP contribution is 2.27. The van der Waals surface area contributed by atoms with Crippen LogP contribution in [0.15, 0.2) is 40.6 Å². The standard InChI is InChI=1S/C20H25N3O5S2/c24-20(21-15-16-2-1-13-29-16)18-14-17(30(25,26)23-7-11-28-12-8-23)3-4-19(18)22-5-9-27-10-6-22/h1-4,13-14H,5-12,15H2,(H,21,24). The first-order valence-corrected chi connectivity index (χ1v) is 12.2. The van der Waals surface area contributed by atoms with Crippen molar-refractivity contribution in [2.75, 3.05) is 57.5 Å². The van der Waals surface area contributed by atoms with E-state index >= 15 is 0 Å². The summed E-state index contributed by atoms with van der Waals surface area (Å²) in [7, 11) is -3.69. The molecule has 0 atom stereocenters. The molecule has 30 heavy (non-hydrogen) atoms. The van der Waals surface area contributed by atoms with Crippen molar-refractivity contribution in [2.45, 2.75) is 11.4 Å². The maximum atomic E-state index is 13.1. The lowest BCUT2D eigenvalue weighted by molar-refractivity contribution is 0.0730. The molecule has 2 aliphatic heterocycles. The molecule has 162 valence electrons. The SMILES string of the molecule is O=C(NCc1cccs1)c1cc(S(=O)(=O)N2CCOCC2)ccc1N1CCOCC1. The topological polar surface area (TPSA) is 88.2 Å². The van der Waals surface area contributed by atoms with Crippen LogP contribution in [-0.4, -0.2) is 71.2 Å². The fourth-order valence-corrected chi connectivity index (χ4v) is 5.63. The average molecular weight is 452 g/mol. The molecule has 2 aromatic rings. The molecule has 0 aliphatic carbocycles. The number of thiophene rings is 1. The number of anilines is 1. The van der Waals surface area contributed by atoms with Gasteiger partial charge in [-0.05, 0) is 29.6 Å². The van der Waals surface area contributed by atoms with Crippen LogP contribution < -0.4 is 10.2 Å². The van der Waals surface area contributed by atoms with Gasteiger partial charge in [0.15, 0.2) is 0 Å². The molecule has 2 fully saturated rings. The van der Waals surface area contributed by atoms with Crippen LogP contribution in [0.25, 0.3) is 0 Å². The van der Waals surface area contributed by atoms with E-state index < -0.39 is 10.0 Å². The molecule has 0 spiro atoms. The van der Waals surface area contributed by atoms with E-state index in [0.717, 1.165) is 10.6 Å². The Hall–Kier alpha value is -1.98. The Morgan fingerprint density at radius 3 is 2.40 bits per heavy atom. The van der Waals surface area contributed by atoms with Gasteiger partial charge >= 0.3 is 0 Å². The van der Waals surface area contributed by atoms with Gasteiger partial charge in [0.1, 0.15) is 0 Å². The molecule has 3 heterocycles. The minimum atomic E-state index is -3.69.